The third-order valence-corrected chi connectivity index (χ3v) is 6.81. The Bertz CT molecular complexity index is 1080. The molecule has 1 aliphatic carbocycles. The predicted octanol–water partition coefficient (Wildman–Crippen LogP) is 6.34. The van der Waals surface area contributed by atoms with E-state index >= 15 is 0 Å². The van der Waals surface area contributed by atoms with Crippen molar-refractivity contribution in [3.8, 4) is 0 Å². The van der Waals surface area contributed by atoms with E-state index in [9.17, 15) is 9.18 Å². The molecule has 4 nitrogen and oxygen atoms in total. The van der Waals surface area contributed by atoms with E-state index in [1.54, 1.807) is 19.1 Å². The lowest BCUT2D eigenvalue weighted by atomic mass is 9.94. The summed E-state index contributed by atoms with van der Waals surface area (Å²) in [7, 11) is 2.23. The minimum absolute atomic E-state index is 0.337. The molecule has 0 amide bonds. The maximum absolute atomic E-state index is 13.6. The highest BCUT2D eigenvalue weighted by atomic mass is 19.1. The average molecular weight is 437 g/mol. The number of ether oxygens (including phenoxy) is 1. The lowest BCUT2D eigenvalue weighted by Gasteiger charge is -2.31. The third-order valence-electron chi connectivity index (χ3n) is 6.81. The first-order valence-corrected chi connectivity index (χ1v) is 11.7. The van der Waals surface area contributed by atoms with Gasteiger partial charge in [-0.2, -0.15) is 0 Å². The molecule has 170 valence electrons. The zero-order chi connectivity index (χ0) is 22.7. The third kappa shape index (κ3) is 5.04. The lowest BCUT2D eigenvalue weighted by Crippen LogP contribution is -2.34. The van der Waals surface area contributed by atoms with Gasteiger partial charge in [0, 0.05) is 29.2 Å². The Kier molecular flexibility index (Phi) is 6.95. The summed E-state index contributed by atoms with van der Waals surface area (Å²) >= 11 is 0. The van der Waals surface area contributed by atoms with Crippen LogP contribution < -0.4 is 0 Å². The number of esters is 1. The van der Waals surface area contributed by atoms with E-state index in [0.717, 1.165) is 29.6 Å². The van der Waals surface area contributed by atoms with Gasteiger partial charge in [-0.15, -0.1) is 0 Å². The minimum atomic E-state index is -0.533. The summed E-state index contributed by atoms with van der Waals surface area (Å²) in [4.78, 5) is 18.8. The summed E-state index contributed by atoms with van der Waals surface area (Å²) in [6, 6.07) is 13.2. The first-order chi connectivity index (χ1) is 15.4. The monoisotopic (exact) mass is 436 g/mol. The number of nitrogens with zero attached hydrogens (tertiary/aromatic N) is 1. The van der Waals surface area contributed by atoms with Gasteiger partial charge in [-0.05, 0) is 75.5 Å². The van der Waals surface area contributed by atoms with Crippen molar-refractivity contribution in [1.82, 2.24) is 9.88 Å². The van der Waals surface area contributed by atoms with Gasteiger partial charge in [-0.1, -0.05) is 37.5 Å². The number of fused-ring (bicyclic) bond motifs is 1. The number of aromatic nitrogens is 1. The van der Waals surface area contributed by atoms with Gasteiger partial charge in [0.15, 0.2) is 0 Å². The van der Waals surface area contributed by atoms with E-state index in [-0.39, 0.29) is 11.8 Å². The molecule has 1 fully saturated rings. The number of benzene rings is 2. The molecular weight excluding hydrogens is 403 g/mol. The van der Waals surface area contributed by atoms with Crippen LogP contribution in [-0.4, -0.2) is 35.5 Å². The van der Waals surface area contributed by atoms with Crippen LogP contribution in [-0.2, 0) is 11.2 Å². The van der Waals surface area contributed by atoms with Crippen molar-refractivity contribution in [1.29, 1.82) is 0 Å². The highest BCUT2D eigenvalue weighted by molar-refractivity contribution is 6.05. The number of hydrogen-bond acceptors (Lipinski definition) is 3. The van der Waals surface area contributed by atoms with Crippen LogP contribution >= 0.6 is 0 Å². The zero-order valence-corrected chi connectivity index (χ0v) is 19.3. The number of hydrogen-bond donors (Lipinski definition) is 1. The molecule has 1 unspecified atom stereocenters. The Morgan fingerprint density at radius 3 is 2.72 bits per heavy atom. The summed E-state index contributed by atoms with van der Waals surface area (Å²) in [5.41, 5.74) is 4.13. The molecular formula is C27H33FN2O2. The normalized spacial score (nSPS) is 15.9. The summed E-state index contributed by atoms with van der Waals surface area (Å²) in [5, 5.41) is 0.886. The van der Waals surface area contributed by atoms with E-state index in [2.05, 4.69) is 29.1 Å². The summed E-state index contributed by atoms with van der Waals surface area (Å²) in [6.45, 7) is 4.67. The van der Waals surface area contributed by atoms with Crippen molar-refractivity contribution in [2.45, 2.75) is 64.5 Å². The number of aromatic amines is 1. The number of aryl methyl sites for hydroxylation is 1. The number of H-pyrrole nitrogens is 1. The Labute approximate surface area is 189 Å². The first-order valence-electron chi connectivity index (χ1n) is 11.7. The van der Waals surface area contributed by atoms with Crippen LogP contribution in [0.5, 0.6) is 0 Å². The summed E-state index contributed by atoms with van der Waals surface area (Å²) in [6.07, 6.45) is 7.05. The number of rotatable bonds is 7. The maximum atomic E-state index is 13.6. The molecule has 4 rings (SSSR count). The fourth-order valence-electron chi connectivity index (χ4n) is 4.85. The highest BCUT2D eigenvalue weighted by Gasteiger charge is 2.22. The number of nitrogens with one attached hydrogen (secondary N) is 1. The molecule has 1 saturated carbocycles. The average Bonchev–Trinajstić information content (AvgIpc) is 3.13. The quantitative estimate of drug-likeness (QED) is 0.440. The molecule has 32 heavy (non-hydrogen) atoms. The van der Waals surface area contributed by atoms with Gasteiger partial charge in [0.25, 0.3) is 0 Å². The van der Waals surface area contributed by atoms with Crippen molar-refractivity contribution in [3.05, 3.63) is 70.7 Å². The van der Waals surface area contributed by atoms with Crippen LogP contribution in [0.25, 0.3) is 10.9 Å². The Morgan fingerprint density at radius 2 is 1.97 bits per heavy atom. The number of likely N-dealkylation sites (N-methyl/N-ethyl adjacent to an activating group) is 1. The lowest BCUT2D eigenvalue weighted by molar-refractivity contribution is 0.0339. The van der Waals surface area contributed by atoms with E-state index in [4.69, 9.17) is 4.74 Å². The zero-order valence-electron chi connectivity index (χ0n) is 19.3. The van der Waals surface area contributed by atoms with Crippen molar-refractivity contribution >= 4 is 16.9 Å². The first kappa shape index (κ1) is 22.5. The largest absolute Gasteiger partial charge is 0.454 e. The molecule has 0 radical (unpaired) electrons. The molecule has 1 N–H and O–H groups in total. The second kappa shape index (κ2) is 9.86. The molecule has 0 bridgehead atoms. The van der Waals surface area contributed by atoms with Crippen LogP contribution in [0.4, 0.5) is 4.39 Å². The van der Waals surface area contributed by atoms with Gasteiger partial charge in [0.2, 0.25) is 0 Å². The van der Waals surface area contributed by atoms with Crippen LogP contribution in [0.1, 0.15) is 72.3 Å². The van der Waals surface area contributed by atoms with E-state index in [1.807, 2.05) is 13.0 Å². The van der Waals surface area contributed by atoms with Crippen molar-refractivity contribution in [3.63, 3.8) is 0 Å². The molecule has 1 atom stereocenters. The maximum Gasteiger partial charge on any atom is 0.341 e. The van der Waals surface area contributed by atoms with Gasteiger partial charge in [0.05, 0.1) is 5.56 Å². The van der Waals surface area contributed by atoms with E-state index in [1.165, 1.54) is 49.8 Å². The van der Waals surface area contributed by atoms with Gasteiger partial charge < -0.3 is 14.6 Å². The molecule has 0 saturated heterocycles. The molecule has 1 aliphatic rings. The fourth-order valence-corrected chi connectivity index (χ4v) is 4.85. The van der Waals surface area contributed by atoms with Crippen molar-refractivity contribution in [2.24, 2.45) is 0 Å². The van der Waals surface area contributed by atoms with Crippen LogP contribution in [0.3, 0.4) is 0 Å². The second-order valence-corrected chi connectivity index (χ2v) is 9.13. The van der Waals surface area contributed by atoms with Crippen LogP contribution in [0.2, 0.25) is 0 Å². The standard InChI is InChI=1S/C27H33FN2O2/c1-18-26(27(31)32-19(2)21-8-7-9-22(28)17-21)24-16-20(12-13-25(24)29-18)14-15-30(3)23-10-5-4-6-11-23/h7-9,12-13,16-17,19,23,29H,4-6,10-11,14-15H2,1-3H3. The Balaban J connectivity index is 1.49. The molecule has 3 aromatic rings. The van der Waals surface area contributed by atoms with E-state index < -0.39 is 6.10 Å². The topological polar surface area (TPSA) is 45.3 Å². The van der Waals surface area contributed by atoms with Crippen molar-refractivity contribution in [2.75, 3.05) is 13.6 Å². The number of carbonyl (C=O) groups excluding carboxylic acids is 1. The highest BCUT2D eigenvalue weighted by Crippen LogP contribution is 2.28. The van der Waals surface area contributed by atoms with E-state index in [0.29, 0.717) is 17.2 Å². The number of halogens is 1. The smallest absolute Gasteiger partial charge is 0.341 e. The molecule has 0 spiro atoms. The predicted molar refractivity (Wildman–Crippen MR) is 126 cm³/mol. The molecule has 5 heteroatoms. The van der Waals surface area contributed by atoms with Crippen LogP contribution in [0, 0.1) is 12.7 Å². The second-order valence-electron chi connectivity index (χ2n) is 9.13. The molecule has 1 heterocycles. The Hall–Kier alpha value is -2.66. The summed E-state index contributed by atoms with van der Waals surface area (Å²) in [5.74, 6) is -0.724. The molecule has 1 aromatic heterocycles. The minimum Gasteiger partial charge on any atom is -0.454 e. The van der Waals surface area contributed by atoms with Gasteiger partial charge in [-0.25, -0.2) is 9.18 Å². The van der Waals surface area contributed by atoms with Gasteiger partial charge in [0.1, 0.15) is 11.9 Å². The SMILES string of the molecule is Cc1[nH]c2ccc(CCN(C)C3CCCCC3)cc2c1C(=O)OC(C)c1cccc(F)c1. The van der Waals surface area contributed by atoms with Crippen molar-refractivity contribution < 1.29 is 13.9 Å². The number of carbonyl (C=O) groups is 1. The fraction of sp³-hybridized carbons (Fsp3) is 0.444. The van der Waals surface area contributed by atoms with Gasteiger partial charge in [-0.3, -0.25) is 0 Å². The van der Waals surface area contributed by atoms with Gasteiger partial charge >= 0.3 is 5.97 Å². The Morgan fingerprint density at radius 1 is 1.19 bits per heavy atom. The summed E-state index contributed by atoms with van der Waals surface area (Å²) < 4.78 is 19.3. The van der Waals surface area contributed by atoms with Crippen LogP contribution in [0.15, 0.2) is 42.5 Å². The molecule has 0 aliphatic heterocycles. The molecule has 2 aromatic carbocycles.